The van der Waals surface area contributed by atoms with Gasteiger partial charge in [0.2, 0.25) is 0 Å². The summed E-state index contributed by atoms with van der Waals surface area (Å²) < 4.78 is 6.96. The minimum absolute atomic E-state index is 0.607. The van der Waals surface area contributed by atoms with E-state index in [1.165, 1.54) is 55.3 Å². The molecule has 65 heavy (non-hydrogen) atoms. The van der Waals surface area contributed by atoms with Gasteiger partial charge in [-0.05, 0) is 97.3 Å². The van der Waals surface area contributed by atoms with E-state index >= 15 is 0 Å². The number of aromatic nitrogens is 3. The van der Waals surface area contributed by atoms with Crippen molar-refractivity contribution in [3.05, 3.63) is 235 Å². The topological polar surface area (TPSA) is 51.8 Å². The Morgan fingerprint density at radius 3 is 1.52 bits per heavy atom. The van der Waals surface area contributed by atoms with Crippen LogP contribution < -0.4 is 0 Å². The van der Waals surface area contributed by atoms with E-state index in [9.17, 15) is 0 Å². The molecule has 0 saturated carbocycles. The maximum Gasteiger partial charge on any atom is 0.164 e. The van der Waals surface area contributed by atoms with Crippen molar-refractivity contribution in [2.45, 2.75) is 12.8 Å². The van der Waals surface area contributed by atoms with Gasteiger partial charge >= 0.3 is 0 Å². The summed E-state index contributed by atoms with van der Waals surface area (Å²) in [4.78, 5) is 15.7. The summed E-state index contributed by atoms with van der Waals surface area (Å²) >= 11 is 0. The SMILES string of the molecule is c1ccc(-c2nc(-c3cccc(-c4cccc5c4oc4c5ccc5ccc6ccccc6c54)c3)nc(-c3ccc4c(c3)-c3ccccc3Cc3ccccc3-c3ccccc3C4)n2)cc1. The number of nitrogens with zero attached hydrogens (tertiary/aromatic N) is 3. The maximum absolute atomic E-state index is 6.96. The average molecular weight is 830 g/mol. The fourth-order valence-corrected chi connectivity index (χ4v) is 10.1. The Kier molecular flexibility index (Phi) is 8.63. The monoisotopic (exact) mass is 829 g/mol. The molecule has 304 valence electrons. The molecule has 2 aromatic heterocycles. The zero-order valence-electron chi connectivity index (χ0n) is 35.4. The van der Waals surface area contributed by atoms with Crippen LogP contribution in [0.1, 0.15) is 22.3 Å². The summed E-state index contributed by atoms with van der Waals surface area (Å²) in [5.41, 5.74) is 16.8. The molecular formula is C61H39N3O. The highest BCUT2D eigenvalue weighted by atomic mass is 16.3. The highest BCUT2D eigenvalue weighted by Gasteiger charge is 2.21. The molecule has 4 heteroatoms. The fourth-order valence-electron chi connectivity index (χ4n) is 10.1. The molecule has 12 aromatic rings. The highest BCUT2D eigenvalue weighted by molar-refractivity contribution is 6.24. The molecule has 0 atom stereocenters. The first-order valence-electron chi connectivity index (χ1n) is 22.3. The van der Waals surface area contributed by atoms with Crippen molar-refractivity contribution in [1.82, 2.24) is 15.0 Å². The summed E-state index contributed by atoms with van der Waals surface area (Å²) in [5.74, 6) is 1.86. The van der Waals surface area contributed by atoms with E-state index in [-0.39, 0.29) is 0 Å². The summed E-state index contributed by atoms with van der Waals surface area (Å²) in [6.07, 6.45) is 1.62. The third-order valence-electron chi connectivity index (χ3n) is 13.2. The van der Waals surface area contributed by atoms with Crippen LogP contribution in [0.5, 0.6) is 0 Å². The molecule has 4 nitrogen and oxygen atoms in total. The van der Waals surface area contributed by atoms with Gasteiger partial charge in [-0.1, -0.05) is 194 Å². The lowest BCUT2D eigenvalue weighted by atomic mass is 9.83. The van der Waals surface area contributed by atoms with E-state index in [4.69, 9.17) is 19.4 Å². The lowest BCUT2D eigenvalue weighted by Crippen LogP contribution is -2.04. The van der Waals surface area contributed by atoms with E-state index in [2.05, 4.69) is 194 Å². The Balaban J connectivity index is 0.963. The van der Waals surface area contributed by atoms with Gasteiger partial charge in [-0.25, -0.2) is 15.0 Å². The number of hydrogen-bond donors (Lipinski definition) is 0. The molecule has 2 heterocycles. The van der Waals surface area contributed by atoms with Crippen LogP contribution in [-0.4, -0.2) is 15.0 Å². The van der Waals surface area contributed by atoms with Crippen LogP contribution in [0.4, 0.5) is 0 Å². The minimum atomic E-state index is 0.607. The van der Waals surface area contributed by atoms with Gasteiger partial charge in [0.05, 0.1) is 0 Å². The summed E-state index contributed by atoms with van der Waals surface area (Å²) in [7, 11) is 0. The van der Waals surface area contributed by atoms with Gasteiger partial charge in [0.15, 0.2) is 17.5 Å². The van der Waals surface area contributed by atoms with Crippen molar-refractivity contribution >= 4 is 43.5 Å². The number of rotatable bonds is 4. The lowest BCUT2D eigenvalue weighted by molar-refractivity contribution is 0.674. The summed E-state index contributed by atoms with van der Waals surface area (Å²) in [6.45, 7) is 0. The van der Waals surface area contributed by atoms with Crippen molar-refractivity contribution in [3.63, 3.8) is 0 Å². The van der Waals surface area contributed by atoms with Crippen molar-refractivity contribution in [2.75, 3.05) is 0 Å². The first kappa shape index (κ1) is 37.1. The molecule has 0 fully saturated rings. The number of benzene rings is 10. The van der Waals surface area contributed by atoms with E-state index in [0.717, 1.165) is 73.4 Å². The molecular weight excluding hydrogens is 791 g/mol. The molecule has 10 aromatic carbocycles. The largest absolute Gasteiger partial charge is 0.455 e. The molecule has 1 aliphatic carbocycles. The lowest BCUT2D eigenvalue weighted by Gasteiger charge is -2.21. The van der Waals surface area contributed by atoms with Gasteiger partial charge in [-0.3, -0.25) is 0 Å². The first-order chi connectivity index (χ1) is 32.2. The summed E-state index contributed by atoms with van der Waals surface area (Å²) in [5, 5.41) is 6.88. The van der Waals surface area contributed by atoms with Crippen LogP contribution in [0.2, 0.25) is 0 Å². The normalized spacial score (nSPS) is 12.2. The van der Waals surface area contributed by atoms with E-state index < -0.39 is 0 Å². The molecule has 0 N–H and O–H groups in total. The van der Waals surface area contributed by atoms with Gasteiger partial charge in [0, 0.05) is 38.4 Å². The van der Waals surface area contributed by atoms with E-state index in [1.807, 2.05) is 18.2 Å². The predicted octanol–water partition coefficient (Wildman–Crippen LogP) is 15.6. The molecule has 0 spiro atoms. The second-order valence-electron chi connectivity index (χ2n) is 17.1. The maximum atomic E-state index is 6.96. The number of para-hydroxylation sites is 1. The van der Waals surface area contributed by atoms with Crippen molar-refractivity contribution in [1.29, 1.82) is 0 Å². The Morgan fingerprint density at radius 1 is 0.292 bits per heavy atom. The summed E-state index contributed by atoms with van der Waals surface area (Å²) in [6, 6.07) is 75.8. The molecule has 0 bridgehead atoms. The van der Waals surface area contributed by atoms with Crippen molar-refractivity contribution in [2.24, 2.45) is 0 Å². The third-order valence-corrected chi connectivity index (χ3v) is 13.2. The van der Waals surface area contributed by atoms with Crippen LogP contribution in [0.25, 0.3) is 111 Å². The van der Waals surface area contributed by atoms with Crippen LogP contribution in [0, 0.1) is 0 Å². The zero-order valence-corrected chi connectivity index (χ0v) is 35.4. The van der Waals surface area contributed by atoms with Crippen molar-refractivity contribution in [3.8, 4) is 67.5 Å². The minimum Gasteiger partial charge on any atom is -0.455 e. The Labute approximate surface area is 376 Å². The molecule has 0 radical (unpaired) electrons. The quantitative estimate of drug-likeness (QED) is 0.166. The molecule has 0 saturated heterocycles. The van der Waals surface area contributed by atoms with Gasteiger partial charge < -0.3 is 4.42 Å². The number of fused-ring (bicyclic) bond motifs is 13. The second-order valence-corrected chi connectivity index (χ2v) is 17.1. The second kappa shape index (κ2) is 15.1. The Bertz CT molecular complexity index is 3850. The third kappa shape index (κ3) is 6.33. The van der Waals surface area contributed by atoms with Crippen LogP contribution in [-0.2, 0) is 12.8 Å². The number of furan rings is 1. The van der Waals surface area contributed by atoms with E-state index in [0.29, 0.717) is 17.5 Å². The standard InChI is InChI=1S/C61H39N3O/c1-2-15-40(16-3-1)59-62-60(46-21-12-20-44(36-46)52-26-13-27-53-54-33-32-39-29-28-38-14-4-11-25-51(38)56(39)58(54)65-57(52)53)64-61(63-59)47-31-30-45-35-42-18-6-9-23-49(42)48-22-8-5-17-41(48)34-43-19-7-10-24-50(43)55(45)37-47/h1-33,36-37H,34-35H2. The smallest absolute Gasteiger partial charge is 0.164 e. The molecule has 0 aliphatic heterocycles. The number of hydrogen-bond acceptors (Lipinski definition) is 4. The predicted molar refractivity (Wildman–Crippen MR) is 267 cm³/mol. The average Bonchev–Trinajstić information content (AvgIpc) is 3.76. The van der Waals surface area contributed by atoms with Crippen molar-refractivity contribution < 1.29 is 4.42 Å². The van der Waals surface area contributed by atoms with Gasteiger partial charge in [-0.15, -0.1) is 0 Å². The molecule has 13 rings (SSSR count). The Morgan fingerprint density at radius 2 is 0.785 bits per heavy atom. The Hall–Kier alpha value is -8.47. The van der Waals surface area contributed by atoms with E-state index in [1.54, 1.807) is 0 Å². The van der Waals surface area contributed by atoms with Crippen LogP contribution in [0.15, 0.2) is 217 Å². The van der Waals surface area contributed by atoms with Gasteiger partial charge in [0.25, 0.3) is 0 Å². The molecule has 1 aliphatic rings. The van der Waals surface area contributed by atoms with Gasteiger partial charge in [0.1, 0.15) is 11.2 Å². The molecule has 0 amide bonds. The van der Waals surface area contributed by atoms with Crippen LogP contribution in [0.3, 0.4) is 0 Å². The zero-order chi connectivity index (χ0) is 42.8. The fraction of sp³-hybridized carbons (Fsp3) is 0.0328. The van der Waals surface area contributed by atoms with Gasteiger partial charge in [-0.2, -0.15) is 0 Å². The molecule has 0 unspecified atom stereocenters. The highest BCUT2D eigenvalue weighted by Crippen LogP contribution is 2.42. The first-order valence-corrected chi connectivity index (χ1v) is 22.3. The van der Waals surface area contributed by atoms with Crippen LogP contribution >= 0.6 is 0 Å².